The number of hydrogen-bond acceptors (Lipinski definition) is 5. The molecule has 1 fully saturated rings. The molecule has 0 spiro atoms. The van der Waals surface area contributed by atoms with E-state index in [0.717, 1.165) is 37.1 Å². The molecule has 1 aliphatic rings. The molecule has 0 unspecified atom stereocenters. The van der Waals surface area contributed by atoms with E-state index in [1.165, 1.54) is 6.07 Å². The molecule has 0 radical (unpaired) electrons. The molecule has 33 heavy (non-hydrogen) atoms. The zero-order valence-electron chi connectivity index (χ0n) is 18.4. The molecular weight excluding hydrogens is 416 g/mol. The van der Waals surface area contributed by atoms with Crippen LogP contribution in [0.1, 0.15) is 24.0 Å². The molecule has 0 aliphatic carbocycles. The summed E-state index contributed by atoms with van der Waals surface area (Å²) in [6.07, 6.45) is 1.58. The third-order valence-electron chi connectivity index (χ3n) is 5.92. The largest absolute Gasteiger partial charge is 0.357 e. The maximum atomic E-state index is 12.8. The van der Waals surface area contributed by atoms with E-state index in [9.17, 15) is 14.9 Å². The van der Waals surface area contributed by atoms with Gasteiger partial charge in [0, 0.05) is 30.8 Å². The summed E-state index contributed by atoms with van der Waals surface area (Å²) in [5, 5.41) is 18.1. The molecule has 170 valence electrons. The lowest BCUT2D eigenvalue weighted by atomic mass is 9.97. The van der Waals surface area contributed by atoms with Crippen molar-refractivity contribution < 1.29 is 9.72 Å². The highest BCUT2D eigenvalue weighted by Crippen LogP contribution is 2.34. The molecule has 7 heteroatoms. The van der Waals surface area contributed by atoms with Gasteiger partial charge in [0.2, 0.25) is 5.91 Å². The first-order chi connectivity index (χ1) is 16.1. The van der Waals surface area contributed by atoms with Crippen molar-refractivity contribution in [1.82, 2.24) is 5.32 Å². The molecule has 4 rings (SSSR count). The van der Waals surface area contributed by atoms with E-state index in [4.69, 9.17) is 0 Å². The van der Waals surface area contributed by atoms with Crippen LogP contribution in [0.25, 0.3) is 0 Å². The van der Waals surface area contributed by atoms with Crippen molar-refractivity contribution in [3.8, 4) is 0 Å². The molecule has 1 saturated heterocycles. The average Bonchev–Trinajstić information content (AvgIpc) is 2.85. The Balaban J connectivity index is 1.66. The Kier molecular flexibility index (Phi) is 7.32. The first-order valence-corrected chi connectivity index (χ1v) is 11.2. The van der Waals surface area contributed by atoms with Crippen LogP contribution in [0.15, 0.2) is 78.9 Å². The van der Waals surface area contributed by atoms with E-state index in [0.29, 0.717) is 24.5 Å². The number of hydrogen-bond donors (Lipinski definition) is 2. The van der Waals surface area contributed by atoms with Gasteiger partial charge in [0.15, 0.2) is 0 Å². The lowest BCUT2D eigenvalue weighted by Crippen LogP contribution is -2.34. The fourth-order valence-corrected chi connectivity index (χ4v) is 4.17. The van der Waals surface area contributed by atoms with Gasteiger partial charge in [-0.2, -0.15) is 0 Å². The molecular formula is C26H28N4O3. The number of nitro benzene ring substituents is 1. The SMILES string of the molecule is O=C(Nc1ccc([N+](=O)[O-])c(N(Cc2ccccc2)Cc2ccccc2)c1)C1CCNCC1. The van der Waals surface area contributed by atoms with Crippen LogP contribution in [0, 0.1) is 16.0 Å². The van der Waals surface area contributed by atoms with Crippen LogP contribution in [-0.4, -0.2) is 23.9 Å². The maximum absolute atomic E-state index is 12.8. The van der Waals surface area contributed by atoms with Crippen LogP contribution in [0.4, 0.5) is 17.1 Å². The number of anilines is 2. The summed E-state index contributed by atoms with van der Waals surface area (Å²) in [7, 11) is 0. The molecule has 0 atom stereocenters. The minimum Gasteiger partial charge on any atom is -0.357 e. The zero-order chi connectivity index (χ0) is 23.0. The zero-order valence-corrected chi connectivity index (χ0v) is 18.4. The number of nitro groups is 1. The number of rotatable bonds is 8. The minimum atomic E-state index is -0.364. The van der Waals surface area contributed by atoms with E-state index < -0.39 is 0 Å². The van der Waals surface area contributed by atoms with Gasteiger partial charge in [-0.1, -0.05) is 60.7 Å². The number of carbonyl (C=O) groups is 1. The quantitative estimate of drug-likeness (QED) is 0.387. The van der Waals surface area contributed by atoms with Crippen LogP contribution >= 0.6 is 0 Å². The summed E-state index contributed by atoms with van der Waals surface area (Å²) < 4.78 is 0. The lowest BCUT2D eigenvalue weighted by molar-refractivity contribution is -0.384. The molecule has 0 bridgehead atoms. The number of amides is 1. The molecule has 1 aliphatic heterocycles. The molecule has 2 N–H and O–H groups in total. The van der Waals surface area contributed by atoms with Crippen molar-refractivity contribution in [2.24, 2.45) is 5.92 Å². The summed E-state index contributed by atoms with van der Waals surface area (Å²) >= 11 is 0. The van der Waals surface area contributed by atoms with Gasteiger partial charge in [0.05, 0.1) is 4.92 Å². The summed E-state index contributed by atoms with van der Waals surface area (Å²) in [4.78, 5) is 26.3. The first-order valence-electron chi connectivity index (χ1n) is 11.2. The van der Waals surface area contributed by atoms with Crippen LogP contribution in [-0.2, 0) is 17.9 Å². The van der Waals surface area contributed by atoms with Crippen molar-refractivity contribution in [3.63, 3.8) is 0 Å². The number of nitrogens with zero attached hydrogens (tertiary/aromatic N) is 2. The normalized spacial score (nSPS) is 13.9. The summed E-state index contributed by atoms with van der Waals surface area (Å²) in [5.74, 6) is -0.0800. The number of piperidine rings is 1. The number of nitrogens with one attached hydrogen (secondary N) is 2. The van der Waals surface area contributed by atoms with Gasteiger partial charge in [0.25, 0.3) is 5.69 Å². The van der Waals surface area contributed by atoms with Crippen molar-refractivity contribution in [3.05, 3.63) is 100 Å². The van der Waals surface area contributed by atoms with Crippen LogP contribution < -0.4 is 15.5 Å². The molecule has 1 heterocycles. The van der Waals surface area contributed by atoms with E-state index in [1.807, 2.05) is 65.6 Å². The average molecular weight is 445 g/mol. The smallest absolute Gasteiger partial charge is 0.292 e. The lowest BCUT2D eigenvalue weighted by Gasteiger charge is -2.26. The van der Waals surface area contributed by atoms with Gasteiger partial charge >= 0.3 is 0 Å². The molecule has 3 aromatic carbocycles. The second-order valence-electron chi connectivity index (χ2n) is 8.30. The fraction of sp³-hybridized carbons (Fsp3) is 0.269. The van der Waals surface area contributed by atoms with Gasteiger partial charge in [-0.3, -0.25) is 14.9 Å². The number of benzene rings is 3. The molecule has 7 nitrogen and oxygen atoms in total. The predicted molar refractivity (Wildman–Crippen MR) is 130 cm³/mol. The topological polar surface area (TPSA) is 87.5 Å². The van der Waals surface area contributed by atoms with Crippen molar-refractivity contribution >= 4 is 23.0 Å². The fourth-order valence-electron chi connectivity index (χ4n) is 4.17. The Bertz CT molecular complexity index is 1040. The minimum absolute atomic E-state index is 0.0155. The highest BCUT2D eigenvalue weighted by Gasteiger charge is 2.24. The summed E-state index contributed by atoms with van der Waals surface area (Å²) in [5.41, 5.74) is 3.17. The predicted octanol–water partition coefficient (Wildman–Crippen LogP) is 4.74. The Labute approximate surface area is 193 Å². The van der Waals surface area contributed by atoms with Crippen molar-refractivity contribution in [1.29, 1.82) is 0 Å². The van der Waals surface area contributed by atoms with Crippen LogP contribution in [0.3, 0.4) is 0 Å². The molecule has 0 saturated carbocycles. The van der Waals surface area contributed by atoms with Gasteiger partial charge in [-0.15, -0.1) is 0 Å². The highest BCUT2D eigenvalue weighted by molar-refractivity contribution is 5.93. The van der Waals surface area contributed by atoms with E-state index in [1.54, 1.807) is 12.1 Å². The maximum Gasteiger partial charge on any atom is 0.292 e. The van der Waals surface area contributed by atoms with Gasteiger partial charge < -0.3 is 15.5 Å². The van der Waals surface area contributed by atoms with Crippen LogP contribution in [0.5, 0.6) is 0 Å². The Hall–Kier alpha value is -3.71. The highest BCUT2D eigenvalue weighted by atomic mass is 16.6. The molecule has 1 amide bonds. The standard InChI is InChI=1S/C26H28N4O3/c31-26(22-13-15-27-16-14-22)28-23-11-12-24(30(32)33)25(17-23)29(18-20-7-3-1-4-8-20)19-21-9-5-2-6-10-21/h1-12,17,22,27H,13-16,18-19H2,(H,28,31). The van der Waals surface area contributed by atoms with E-state index >= 15 is 0 Å². The second kappa shape index (κ2) is 10.7. The van der Waals surface area contributed by atoms with E-state index in [-0.39, 0.29) is 22.4 Å². The summed E-state index contributed by atoms with van der Waals surface area (Å²) in [6, 6.07) is 24.6. The van der Waals surface area contributed by atoms with Gasteiger partial charge in [0.1, 0.15) is 5.69 Å². The third-order valence-corrected chi connectivity index (χ3v) is 5.92. The first kappa shape index (κ1) is 22.5. The monoisotopic (exact) mass is 444 g/mol. The van der Waals surface area contributed by atoms with Crippen molar-refractivity contribution in [2.75, 3.05) is 23.3 Å². The van der Waals surface area contributed by atoms with Crippen molar-refractivity contribution in [2.45, 2.75) is 25.9 Å². The van der Waals surface area contributed by atoms with E-state index in [2.05, 4.69) is 10.6 Å². The Morgan fingerprint density at radius 3 is 2.06 bits per heavy atom. The summed E-state index contributed by atoms with van der Waals surface area (Å²) in [6.45, 7) is 2.65. The Morgan fingerprint density at radius 1 is 0.939 bits per heavy atom. The molecule has 3 aromatic rings. The second-order valence-corrected chi connectivity index (χ2v) is 8.30. The van der Waals surface area contributed by atoms with Gasteiger partial charge in [-0.05, 0) is 49.2 Å². The Morgan fingerprint density at radius 2 is 1.52 bits per heavy atom. The molecule has 0 aromatic heterocycles. The third kappa shape index (κ3) is 5.96. The van der Waals surface area contributed by atoms with Crippen LogP contribution in [0.2, 0.25) is 0 Å². The number of carbonyl (C=O) groups excluding carboxylic acids is 1. The van der Waals surface area contributed by atoms with Gasteiger partial charge in [-0.25, -0.2) is 0 Å².